The van der Waals surface area contributed by atoms with E-state index in [-0.39, 0.29) is 17.6 Å². The first-order valence-corrected chi connectivity index (χ1v) is 8.23. The number of carbonyl (C=O) groups is 1. The predicted molar refractivity (Wildman–Crippen MR) is 97.0 cm³/mol. The Kier molecular flexibility index (Phi) is 5.28. The molecular weight excluding hydrogens is 319 g/mol. The summed E-state index contributed by atoms with van der Waals surface area (Å²) in [5, 5.41) is 9.31. The Morgan fingerprint density at radius 3 is 2.88 bits per heavy atom. The Morgan fingerprint density at radius 1 is 1.24 bits per heavy atom. The molecule has 2 aromatic rings. The number of para-hydroxylation sites is 1. The highest BCUT2D eigenvalue weighted by atomic mass is 19.1. The van der Waals surface area contributed by atoms with Crippen LogP contribution in [-0.2, 0) is 11.3 Å². The van der Waals surface area contributed by atoms with E-state index in [9.17, 15) is 9.18 Å². The van der Waals surface area contributed by atoms with E-state index in [1.807, 2.05) is 30.3 Å². The van der Waals surface area contributed by atoms with E-state index >= 15 is 0 Å². The fraction of sp³-hybridized carbons (Fsp3) is 0.263. The van der Waals surface area contributed by atoms with Gasteiger partial charge in [0.15, 0.2) is 5.96 Å². The molecule has 1 amide bonds. The van der Waals surface area contributed by atoms with Gasteiger partial charge in [0, 0.05) is 38.2 Å². The summed E-state index contributed by atoms with van der Waals surface area (Å²) in [7, 11) is 1.68. The number of benzene rings is 2. The van der Waals surface area contributed by atoms with Crippen LogP contribution in [0, 0.1) is 5.82 Å². The second-order valence-electron chi connectivity index (χ2n) is 5.97. The van der Waals surface area contributed by atoms with Crippen LogP contribution in [0.4, 0.5) is 10.1 Å². The summed E-state index contributed by atoms with van der Waals surface area (Å²) in [6.45, 7) is 1.06. The van der Waals surface area contributed by atoms with Crippen LogP contribution < -0.4 is 16.0 Å². The number of halogens is 1. The van der Waals surface area contributed by atoms with Crippen molar-refractivity contribution in [1.29, 1.82) is 0 Å². The van der Waals surface area contributed by atoms with Gasteiger partial charge < -0.3 is 16.0 Å². The molecule has 1 atom stereocenters. The van der Waals surface area contributed by atoms with Gasteiger partial charge in [0.25, 0.3) is 0 Å². The molecule has 3 N–H and O–H groups in total. The lowest BCUT2D eigenvalue weighted by molar-refractivity contribution is -0.116. The molecule has 130 valence electrons. The van der Waals surface area contributed by atoms with E-state index in [1.54, 1.807) is 13.1 Å². The molecule has 0 bridgehead atoms. The number of rotatable bonds is 4. The van der Waals surface area contributed by atoms with Crippen molar-refractivity contribution in [3.8, 4) is 0 Å². The van der Waals surface area contributed by atoms with Gasteiger partial charge in [-0.1, -0.05) is 30.3 Å². The molecule has 25 heavy (non-hydrogen) atoms. The van der Waals surface area contributed by atoms with Gasteiger partial charge in [-0.15, -0.1) is 0 Å². The minimum Gasteiger partial charge on any atom is -0.356 e. The Morgan fingerprint density at radius 2 is 2.08 bits per heavy atom. The molecule has 2 aromatic carbocycles. The number of fused-ring (bicyclic) bond motifs is 1. The molecule has 0 aliphatic carbocycles. The summed E-state index contributed by atoms with van der Waals surface area (Å²) in [5.74, 6) is 0.464. The third-order valence-electron chi connectivity index (χ3n) is 4.20. The number of anilines is 1. The Labute approximate surface area is 146 Å². The van der Waals surface area contributed by atoms with Crippen molar-refractivity contribution in [3.05, 3.63) is 65.5 Å². The molecule has 6 heteroatoms. The molecular formula is C19H21FN4O. The lowest BCUT2D eigenvalue weighted by atomic mass is 9.90. The minimum atomic E-state index is -0.257. The first kappa shape index (κ1) is 17.0. The zero-order valence-corrected chi connectivity index (χ0v) is 14.1. The average Bonchev–Trinajstić information content (AvgIpc) is 2.61. The van der Waals surface area contributed by atoms with Gasteiger partial charge in [-0.25, -0.2) is 4.39 Å². The van der Waals surface area contributed by atoms with Crippen molar-refractivity contribution >= 4 is 17.6 Å². The minimum absolute atomic E-state index is 0.0215. The highest BCUT2D eigenvalue weighted by Gasteiger charge is 2.24. The van der Waals surface area contributed by atoms with Gasteiger partial charge in [-0.05, 0) is 29.3 Å². The molecule has 1 aliphatic heterocycles. The quantitative estimate of drug-likeness (QED) is 0.592. The van der Waals surface area contributed by atoms with Crippen molar-refractivity contribution in [3.63, 3.8) is 0 Å². The summed E-state index contributed by atoms with van der Waals surface area (Å²) in [5.41, 5.74) is 2.83. The summed E-state index contributed by atoms with van der Waals surface area (Å²) in [6.07, 6.45) is 0.435. The standard InChI is InChI=1S/C19H21FN4O/c1-21-19(22-11-13-5-4-6-15(20)9-13)23-12-14-10-18(25)24-17-8-3-2-7-16(14)17/h2-9,14H,10-12H2,1H3,(H,24,25)(H2,21,22,23). The lowest BCUT2D eigenvalue weighted by Gasteiger charge is -2.26. The highest BCUT2D eigenvalue weighted by molar-refractivity contribution is 5.94. The fourth-order valence-electron chi connectivity index (χ4n) is 2.96. The summed E-state index contributed by atoms with van der Waals surface area (Å²) >= 11 is 0. The SMILES string of the molecule is CN=C(NCc1cccc(F)c1)NCC1CC(=O)Nc2ccccc21. The fourth-order valence-corrected chi connectivity index (χ4v) is 2.96. The van der Waals surface area contributed by atoms with Gasteiger partial charge in [-0.2, -0.15) is 0 Å². The molecule has 0 spiro atoms. The molecule has 0 aromatic heterocycles. The molecule has 1 aliphatic rings. The average molecular weight is 340 g/mol. The first-order chi connectivity index (χ1) is 12.2. The molecule has 1 heterocycles. The normalized spacial score (nSPS) is 16.8. The highest BCUT2D eigenvalue weighted by Crippen LogP contribution is 2.31. The van der Waals surface area contributed by atoms with Crippen LogP contribution in [0.2, 0.25) is 0 Å². The van der Waals surface area contributed by atoms with Gasteiger partial charge in [0.05, 0.1) is 0 Å². The van der Waals surface area contributed by atoms with Crippen LogP contribution in [0.15, 0.2) is 53.5 Å². The summed E-state index contributed by atoms with van der Waals surface area (Å²) in [4.78, 5) is 16.1. The van der Waals surface area contributed by atoms with E-state index in [2.05, 4.69) is 20.9 Å². The zero-order valence-electron chi connectivity index (χ0n) is 14.1. The molecule has 3 rings (SSSR count). The van der Waals surface area contributed by atoms with Crippen molar-refractivity contribution < 1.29 is 9.18 Å². The number of aliphatic imine (C=N–C) groups is 1. The van der Waals surface area contributed by atoms with Crippen LogP contribution in [0.3, 0.4) is 0 Å². The van der Waals surface area contributed by atoms with Crippen LogP contribution in [0.5, 0.6) is 0 Å². The maximum Gasteiger partial charge on any atom is 0.225 e. The Balaban J connectivity index is 1.59. The van der Waals surface area contributed by atoms with Crippen LogP contribution in [0.1, 0.15) is 23.5 Å². The van der Waals surface area contributed by atoms with Crippen molar-refractivity contribution in [2.45, 2.75) is 18.9 Å². The number of carbonyl (C=O) groups excluding carboxylic acids is 1. The number of nitrogens with one attached hydrogen (secondary N) is 3. The smallest absolute Gasteiger partial charge is 0.225 e. The number of nitrogens with zero attached hydrogens (tertiary/aromatic N) is 1. The second kappa shape index (κ2) is 7.79. The van der Waals surface area contributed by atoms with Crippen LogP contribution in [-0.4, -0.2) is 25.5 Å². The van der Waals surface area contributed by atoms with Crippen LogP contribution in [0.25, 0.3) is 0 Å². The molecule has 0 saturated heterocycles. The van der Waals surface area contributed by atoms with Gasteiger partial charge in [0.2, 0.25) is 5.91 Å². The maximum absolute atomic E-state index is 13.2. The lowest BCUT2D eigenvalue weighted by Crippen LogP contribution is -2.40. The largest absolute Gasteiger partial charge is 0.356 e. The van der Waals surface area contributed by atoms with E-state index in [4.69, 9.17) is 0 Å². The number of hydrogen-bond donors (Lipinski definition) is 3. The maximum atomic E-state index is 13.2. The molecule has 0 fully saturated rings. The van der Waals surface area contributed by atoms with Crippen molar-refractivity contribution in [2.75, 3.05) is 18.9 Å². The zero-order chi connectivity index (χ0) is 17.6. The van der Waals surface area contributed by atoms with Gasteiger partial charge in [0.1, 0.15) is 5.82 Å². The van der Waals surface area contributed by atoms with E-state index in [0.29, 0.717) is 25.5 Å². The van der Waals surface area contributed by atoms with E-state index in [1.165, 1.54) is 12.1 Å². The Hall–Kier alpha value is -2.89. The first-order valence-electron chi connectivity index (χ1n) is 8.23. The summed E-state index contributed by atoms with van der Waals surface area (Å²) in [6, 6.07) is 14.3. The number of amides is 1. The second-order valence-corrected chi connectivity index (χ2v) is 5.97. The van der Waals surface area contributed by atoms with E-state index < -0.39 is 0 Å². The number of guanidine groups is 1. The molecule has 1 unspecified atom stereocenters. The summed E-state index contributed by atoms with van der Waals surface area (Å²) < 4.78 is 13.2. The third-order valence-corrected chi connectivity index (χ3v) is 4.20. The number of hydrogen-bond acceptors (Lipinski definition) is 2. The van der Waals surface area contributed by atoms with Gasteiger partial charge in [-0.3, -0.25) is 9.79 Å². The topological polar surface area (TPSA) is 65.5 Å². The third kappa shape index (κ3) is 4.35. The van der Waals surface area contributed by atoms with E-state index in [0.717, 1.165) is 16.8 Å². The van der Waals surface area contributed by atoms with Gasteiger partial charge >= 0.3 is 0 Å². The molecule has 5 nitrogen and oxygen atoms in total. The Bertz CT molecular complexity index is 790. The molecule has 0 saturated carbocycles. The molecule has 0 radical (unpaired) electrons. The van der Waals surface area contributed by atoms with Crippen molar-refractivity contribution in [1.82, 2.24) is 10.6 Å². The van der Waals surface area contributed by atoms with Crippen LogP contribution >= 0.6 is 0 Å². The predicted octanol–water partition coefficient (Wildman–Crippen LogP) is 2.62. The monoisotopic (exact) mass is 340 g/mol. The van der Waals surface area contributed by atoms with Crippen molar-refractivity contribution in [2.24, 2.45) is 4.99 Å².